The predicted octanol–water partition coefficient (Wildman–Crippen LogP) is 0.855. The van der Waals surface area contributed by atoms with Crippen molar-refractivity contribution in [2.45, 2.75) is 11.6 Å². The Hall–Kier alpha value is -2.42. The zero-order valence-electron chi connectivity index (χ0n) is 13.2. The highest BCUT2D eigenvalue weighted by Gasteiger charge is 2.23. The number of fused-ring (bicyclic) bond motifs is 1. The van der Waals surface area contributed by atoms with Gasteiger partial charge >= 0.3 is 0 Å². The number of hydrogen-bond donors (Lipinski definition) is 3. The summed E-state index contributed by atoms with van der Waals surface area (Å²) in [6.45, 7) is 1.12. The molecule has 0 spiro atoms. The largest absolute Gasteiger partial charge is 0.493 e. The molecule has 1 aliphatic rings. The molecular weight excluding hydrogens is 330 g/mol. The number of carbonyl (C=O) groups is 1. The molecule has 1 aromatic heterocycles. The van der Waals surface area contributed by atoms with Gasteiger partial charge in [-0.15, -0.1) is 5.10 Å². The normalized spacial score (nSPS) is 16.1. The summed E-state index contributed by atoms with van der Waals surface area (Å²) in [5.74, 6) is 2.20. The third-order valence-corrected chi connectivity index (χ3v) is 4.50. The first-order valence-corrected chi connectivity index (χ1v) is 8.50. The number of carbonyl (C=O) groups excluding carboxylic acids is 1. The number of anilines is 1. The summed E-state index contributed by atoms with van der Waals surface area (Å²) in [5, 5.41) is 9.78. The van der Waals surface area contributed by atoms with Crippen molar-refractivity contribution in [3.05, 3.63) is 23.8 Å². The summed E-state index contributed by atoms with van der Waals surface area (Å²) in [6, 6.07) is 5.85. The minimum absolute atomic E-state index is 0.0696. The number of nitrogens with two attached hydrogens (primary N) is 1. The third-order valence-electron chi connectivity index (χ3n) is 3.65. The fourth-order valence-electron chi connectivity index (χ4n) is 2.51. The molecule has 2 aromatic rings. The first-order valence-electron chi connectivity index (χ1n) is 7.51. The van der Waals surface area contributed by atoms with E-state index in [1.165, 1.54) is 11.8 Å². The van der Waals surface area contributed by atoms with Crippen molar-refractivity contribution in [2.24, 2.45) is 5.92 Å². The van der Waals surface area contributed by atoms with E-state index < -0.39 is 0 Å². The molecule has 9 heteroatoms. The number of benzene rings is 1. The first kappa shape index (κ1) is 16.4. The van der Waals surface area contributed by atoms with Crippen molar-refractivity contribution in [1.29, 1.82) is 0 Å². The summed E-state index contributed by atoms with van der Waals surface area (Å²) in [7, 11) is 1.63. The quantitative estimate of drug-likeness (QED) is 0.662. The highest BCUT2D eigenvalue weighted by Crippen LogP contribution is 2.35. The number of hydrogen-bond acceptors (Lipinski definition) is 7. The van der Waals surface area contributed by atoms with E-state index in [1.807, 2.05) is 18.2 Å². The highest BCUT2D eigenvalue weighted by molar-refractivity contribution is 7.99. The lowest BCUT2D eigenvalue weighted by atomic mass is 9.96. The van der Waals surface area contributed by atoms with Crippen LogP contribution in [0.2, 0.25) is 0 Å². The topological polar surface area (TPSA) is 115 Å². The van der Waals surface area contributed by atoms with Crippen LogP contribution in [0.3, 0.4) is 0 Å². The zero-order chi connectivity index (χ0) is 16.9. The average molecular weight is 349 g/mol. The minimum Gasteiger partial charge on any atom is -0.493 e. The number of methoxy groups -OCH3 is 1. The molecule has 1 atom stereocenters. The van der Waals surface area contributed by atoms with E-state index in [0.29, 0.717) is 18.3 Å². The molecule has 2 heterocycles. The molecule has 8 nitrogen and oxygen atoms in total. The van der Waals surface area contributed by atoms with Gasteiger partial charge in [-0.1, -0.05) is 23.9 Å². The monoisotopic (exact) mass is 349 g/mol. The van der Waals surface area contributed by atoms with E-state index >= 15 is 0 Å². The van der Waals surface area contributed by atoms with Crippen LogP contribution in [0.1, 0.15) is 5.56 Å². The average Bonchev–Trinajstić information content (AvgIpc) is 3.02. The molecule has 1 aromatic carbocycles. The number of nitrogen functional groups attached to an aromatic ring is 1. The molecule has 24 heavy (non-hydrogen) atoms. The number of amides is 1. The number of rotatable bonds is 6. The molecule has 128 valence electrons. The van der Waals surface area contributed by atoms with Crippen molar-refractivity contribution >= 4 is 23.6 Å². The van der Waals surface area contributed by atoms with Crippen molar-refractivity contribution in [3.63, 3.8) is 0 Å². The molecule has 0 fully saturated rings. The predicted molar refractivity (Wildman–Crippen MR) is 90.2 cm³/mol. The molecule has 0 bridgehead atoms. The fraction of sp³-hybridized carbons (Fsp3) is 0.400. The van der Waals surface area contributed by atoms with Crippen LogP contribution in [0.4, 0.5) is 5.95 Å². The molecule has 0 aliphatic carbocycles. The minimum atomic E-state index is -0.0696. The molecule has 4 N–H and O–H groups in total. The molecule has 1 amide bonds. The van der Waals surface area contributed by atoms with E-state index in [9.17, 15) is 4.79 Å². The standard InChI is InChI=1S/C15H19N5O3S/c1-22-11-4-2-3-10-5-9(7-23-13(10)11)6-17-12(21)8-24-15-18-14(16)19-20-15/h2-4,9H,5-8H2,1H3,(H,17,21)(H3,16,18,19,20)/t9-/m0/s1. The number of para-hydroxylation sites is 1. The van der Waals surface area contributed by atoms with Crippen LogP contribution in [0.25, 0.3) is 0 Å². The lowest BCUT2D eigenvalue weighted by Crippen LogP contribution is -2.35. The SMILES string of the molecule is COc1cccc2c1OC[C@H](CNC(=O)CSc1n[nH]c(N)n1)C2. The van der Waals surface area contributed by atoms with Gasteiger partial charge in [-0.25, -0.2) is 5.10 Å². The summed E-state index contributed by atoms with van der Waals surface area (Å²) in [4.78, 5) is 15.9. The molecule has 3 rings (SSSR count). The van der Waals surface area contributed by atoms with Gasteiger partial charge in [0.2, 0.25) is 17.0 Å². The molecular formula is C15H19N5O3S. The van der Waals surface area contributed by atoms with Gasteiger partial charge in [0.25, 0.3) is 0 Å². The van der Waals surface area contributed by atoms with Gasteiger partial charge in [-0.05, 0) is 18.1 Å². The number of aromatic amines is 1. The number of nitrogens with one attached hydrogen (secondary N) is 2. The van der Waals surface area contributed by atoms with Crippen molar-refractivity contribution in [3.8, 4) is 11.5 Å². The Balaban J connectivity index is 1.46. The lowest BCUT2D eigenvalue weighted by Gasteiger charge is -2.26. The van der Waals surface area contributed by atoms with Crippen LogP contribution in [-0.4, -0.2) is 47.1 Å². The second-order valence-electron chi connectivity index (χ2n) is 5.43. The molecule has 0 saturated heterocycles. The lowest BCUT2D eigenvalue weighted by molar-refractivity contribution is -0.118. The Kier molecular flexibility index (Phi) is 5.09. The van der Waals surface area contributed by atoms with Gasteiger partial charge in [-0.3, -0.25) is 4.79 Å². The summed E-state index contributed by atoms with van der Waals surface area (Å²) in [5.41, 5.74) is 6.54. The Labute approximate surface area is 143 Å². The molecule has 0 saturated carbocycles. The van der Waals surface area contributed by atoms with Gasteiger partial charge < -0.3 is 20.5 Å². The maximum absolute atomic E-state index is 11.9. The van der Waals surface area contributed by atoms with Crippen LogP contribution in [0.5, 0.6) is 11.5 Å². The molecule has 0 radical (unpaired) electrons. The Morgan fingerprint density at radius 3 is 3.21 bits per heavy atom. The number of H-pyrrole nitrogens is 1. The maximum Gasteiger partial charge on any atom is 0.230 e. The number of ether oxygens (including phenoxy) is 2. The smallest absolute Gasteiger partial charge is 0.230 e. The third kappa shape index (κ3) is 3.91. The van der Waals surface area contributed by atoms with Crippen LogP contribution >= 0.6 is 11.8 Å². The second-order valence-corrected chi connectivity index (χ2v) is 6.37. The molecule has 0 unspecified atom stereocenters. The van der Waals surface area contributed by atoms with Gasteiger partial charge in [0.1, 0.15) is 0 Å². The fourth-order valence-corrected chi connectivity index (χ4v) is 3.15. The van der Waals surface area contributed by atoms with Gasteiger partial charge in [0.15, 0.2) is 11.5 Å². The van der Waals surface area contributed by atoms with E-state index in [1.54, 1.807) is 7.11 Å². The zero-order valence-corrected chi connectivity index (χ0v) is 14.1. The van der Waals surface area contributed by atoms with E-state index in [-0.39, 0.29) is 23.5 Å². The maximum atomic E-state index is 11.9. The Morgan fingerprint density at radius 2 is 2.46 bits per heavy atom. The Morgan fingerprint density at radius 1 is 1.58 bits per heavy atom. The summed E-state index contributed by atoms with van der Waals surface area (Å²) >= 11 is 1.24. The summed E-state index contributed by atoms with van der Waals surface area (Å²) < 4.78 is 11.1. The molecule has 1 aliphatic heterocycles. The summed E-state index contributed by atoms with van der Waals surface area (Å²) in [6.07, 6.45) is 0.845. The second kappa shape index (κ2) is 7.43. The number of thioether (sulfide) groups is 1. The van der Waals surface area contributed by atoms with Gasteiger partial charge in [-0.2, -0.15) is 4.98 Å². The van der Waals surface area contributed by atoms with Crippen molar-refractivity contribution < 1.29 is 14.3 Å². The Bertz CT molecular complexity index is 721. The van der Waals surface area contributed by atoms with Crippen LogP contribution in [0, 0.1) is 5.92 Å². The van der Waals surface area contributed by atoms with Crippen LogP contribution in [0.15, 0.2) is 23.4 Å². The first-order chi connectivity index (χ1) is 11.7. The van der Waals surface area contributed by atoms with Gasteiger partial charge in [0.05, 0.1) is 19.5 Å². The van der Waals surface area contributed by atoms with E-state index in [0.717, 1.165) is 23.5 Å². The van der Waals surface area contributed by atoms with E-state index in [4.69, 9.17) is 15.2 Å². The van der Waals surface area contributed by atoms with Crippen molar-refractivity contribution in [2.75, 3.05) is 31.7 Å². The highest BCUT2D eigenvalue weighted by atomic mass is 32.2. The van der Waals surface area contributed by atoms with Crippen molar-refractivity contribution in [1.82, 2.24) is 20.5 Å². The van der Waals surface area contributed by atoms with Gasteiger partial charge in [0, 0.05) is 12.5 Å². The number of aromatic nitrogens is 3. The van der Waals surface area contributed by atoms with Crippen LogP contribution < -0.4 is 20.5 Å². The number of nitrogens with zero attached hydrogens (tertiary/aromatic N) is 2. The van der Waals surface area contributed by atoms with E-state index in [2.05, 4.69) is 20.5 Å². The van der Waals surface area contributed by atoms with Crippen LogP contribution in [-0.2, 0) is 11.2 Å².